The van der Waals surface area contributed by atoms with Gasteiger partial charge in [0.1, 0.15) is 5.01 Å². The van der Waals surface area contributed by atoms with Crippen LogP contribution in [0.25, 0.3) is 0 Å². The Balaban J connectivity index is 0.00000312. The second kappa shape index (κ2) is 11.1. The van der Waals surface area contributed by atoms with E-state index in [1.54, 1.807) is 23.5 Å². The van der Waals surface area contributed by atoms with Crippen LogP contribution in [0.5, 0.6) is 0 Å². The number of guanidine groups is 1. The van der Waals surface area contributed by atoms with Gasteiger partial charge in [0.05, 0.1) is 18.5 Å². The van der Waals surface area contributed by atoms with Crippen molar-refractivity contribution in [3.05, 3.63) is 39.7 Å². The van der Waals surface area contributed by atoms with Gasteiger partial charge < -0.3 is 20.4 Å². The molecule has 0 saturated heterocycles. The molecular formula is C16H24IN5O2S. The van der Waals surface area contributed by atoms with E-state index in [4.69, 9.17) is 4.42 Å². The maximum Gasteiger partial charge on any atom is 0.287 e. The predicted molar refractivity (Wildman–Crippen MR) is 111 cm³/mol. The Morgan fingerprint density at radius 1 is 1.28 bits per heavy atom. The highest BCUT2D eigenvalue weighted by Crippen LogP contribution is 2.16. The largest absolute Gasteiger partial charge is 0.459 e. The van der Waals surface area contributed by atoms with Crippen LogP contribution < -0.4 is 16.0 Å². The first kappa shape index (κ1) is 21.4. The third kappa shape index (κ3) is 7.02. The lowest BCUT2D eigenvalue weighted by atomic mass is 10.4. The van der Waals surface area contributed by atoms with Gasteiger partial charge in [0.2, 0.25) is 0 Å². The first-order valence-electron chi connectivity index (χ1n) is 7.87. The van der Waals surface area contributed by atoms with Crippen LogP contribution in [0, 0.1) is 13.8 Å². The SMILES string of the molecule is CCNC(=NCc1nc(C)c(C)s1)NCCNC(=O)c1ccco1.I. The molecule has 25 heavy (non-hydrogen) atoms. The van der Waals surface area contributed by atoms with Crippen molar-refractivity contribution in [3.8, 4) is 0 Å². The third-order valence-electron chi connectivity index (χ3n) is 3.24. The minimum atomic E-state index is -0.225. The van der Waals surface area contributed by atoms with Crippen molar-refractivity contribution >= 4 is 47.2 Å². The summed E-state index contributed by atoms with van der Waals surface area (Å²) in [5.74, 6) is 0.790. The van der Waals surface area contributed by atoms with Gasteiger partial charge in [-0.1, -0.05) is 0 Å². The molecule has 0 aliphatic heterocycles. The monoisotopic (exact) mass is 477 g/mol. The van der Waals surface area contributed by atoms with E-state index in [0.29, 0.717) is 31.4 Å². The summed E-state index contributed by atoms with van der Waals surface area (Å²) in [6.45, 7) is 8.41. The minimum Gasteiger partial charge on any atom is -0.459 e. The quantitative estimate of drug-likeness (QED) is 0.247. The second-order valence-corrected chi connectivity index (χ2v) is 6.39. The van der Waals surface area contributed by atoms with Crippen LogP contribution in [0.2, 0.25) is 0 Å². The van der Waals surface area contributed by atoms with E-state index in [-0.39, 0.29) is 29.9 Å². The zero-order valence-corrected chi connectivity index (χ0v) is 17.7. The van der Waals surface area contributed by atoms with Crippen molar-refractivity contribution in [1.29, 1.82) is 0 Å². The van der Waals surface area contributed by atoms with Crippen LogP contribution in [0.15, 0.2) is 27.8 Å². The van der Waals surface area contributed by atoms with Gasteiger partial charge in [0.15, 0.2) is 11.7 Å². The number of aromatic nitrogens is 1. The van der Waals surface area contributed by atoms with Crippen LogP contribution in [-0.4, -0.2) is 36.5 Å². The molecule has 3 N–H and O–H groups in total. The van der Waals surface area contributed by atoms with Gasteiger partial charge in [-0.15, -0.1) is 35.3 Å². The second-order valence-electron chi connectivity index (χ2n) is 5.10. The molecule has 0 spiro atoms. The average molecular weight is 477 g/mol. The number of halogens is 1. The summed E-state index contributed by atoms with van der Waals surface area (Å²) in [7, 11) is 0. The van der Waals surface area contributed by atoms with E-state index in [9.17, 15) is 4.79 Å². The molecule has 1 amide bonds. The van der Waals surface area contributed by atoms with Crippen molar-refractivity contribution in [2.45, 2.75) is 27.3 Å². The number of nitrogens with one attached hydrogen (secondary N) is 3. The maximum absolute atomic E-state index is 11.7. The molecule has 0 radical (unpaired) electrons. The highest BCUT2D eigenvalue weighted by Gasteiger charge is 2.07. The molecular weight excluding hydrogens is 453 g/mol. The molecule has 2 rings (SSSR count). The summed E-state index contributed by atoms with van der Waals surface area (Å²) in [6, 6.07) is 3.32. The molecule has 0 aromatic carbocycles. The molecule has 0 saturated carbocycles. The summed E-state index contributed by atoms with van der Waals surface area (Å²) < 4.78 is 5.04. The highest BCUT2D eigenvalue weighted by molar-refractivity contribution is 14.0. The molecule has 0 fully saturated rings. The molecule has 0 aliphatic rings. The average Bonchev–Trinajstić information content (AvgIpc) is 3.19. The number of amides is 1. The van der Waals surface area contributed by atoms with Gasteiger partial charge in [-0.05, 0) is 32.9 Å². The topological polar surface area (TPSA) is 91.5 Å². The van der Waals surface area contributed by atoms with E-state index in [1.807, 2.05) is 13.8 Å². The fourth-order valence-corrected chi connectivity index (χ4v) is 2.81. The molecule has 2 aromatic rings. The Kier molecular flexibility index (Phi) is 9.50. The van der Waals surface area contributed by atoms with Crippen LogP contribution >= 0.6 is 35.3 Å². The fraction of sp³-hybridized carbons (Fsp3) is 0.438. The Morgan fingerprint density at radius 3 is 2.64 bits per heavy atom. The van der Waals surface area contributed by atoms with Gasteiger partial charge >= 0.3 is 0 Å². The minimum absolute atomic E-state index is 0. The van der Waals surface area contributed by atoms with E-state index >= 15 is 0 Å². The molecule has 138 valence electrons. The van der Waals surface area contributed by atoms with Crippen molar-refractivity contribution in [2.75, 3.05) is 19.6 Å². The number of rotatable bonds is 7. The standard InChI is InChI=1S/C16H23N5O2S.HI/c1-4-17-16(20-10-14-21-11(2)12(3)24-14)19-8-7-18-15(22)13-6-5-9-23-13;/h5-6,9H,4,7-8,10H2,1-3H3,(H,18,22)(H2,17,19,20);1H. The van der Waals surface area contributed by atoms with Crippen molar-refractivity contribution in [2.24, 2.45) is 4.99 Å². The van der Waals surface area contributed by atoms with Crippen molar-refractivity contribution in [1.82, 2.24) is 20.9 Å². The molecule has 0 atom stereocenters. The number of hydrogen-bond acceptors (Lipinski definition) is 5. The molecule has 0 unspecified atom stereocenters. The number of aryl methyl sites for hydroxylation is 2. The molecule has 0 aliphatic carbocycles. The van der Waals surface area contributed by atoms with E-state index in [0.717, 1.165) is 17.2 Å². The number of carbonyl (C=O) groups is 1. The molecule has 2 heterocycles. The van der Waals surface area contributed by atoms with Gasteiger partial charge in [0, 0.05) is 24.5 Å². The molecule has 2 aromatic heterocycles. The van der Waals surface area contributed by atoms with Gasteiger partial charge in [-0.3, -0.25) is 4.79 Å². The van der Waals surface area contributed by atoms with E-state index < -0.39 is 0 Å². The van der Waals surface area contributed by atoms with Crippen molar-refractivity contribution < 1.29 is 9.21 Å². The van der Waals surface area contributed by atoms with Gasteiger partial charge in [-0.2, -0.15) is 0 Å². The fourth-order valence-electron chi connectivity index (χ4n) is 1.95. The Morgan fingerprint density at radius 2 is 2.04 bits per heavy atom. The Hall–Kier alpha value is -1.62. The number of aliphatic imine (C=N–C) groups is 1. The number of hydrogen-bond donors (Lipinski definition) is 3. The summed E-state index contributed by atoms with van der Waals surface area (Å²) in [5.41, 5.74) is 1.06. The summed E-state index contributed by atoms with van der Waals surface area (Å²) in [5, 5.41) is 10.1. The van der Waals surface area contributed by atoms with Crippen LogP contribution in [0.4, 0.5) is 0 Å². The highest BCUT2D eigenvalue weighted by atomic mass is 127. The lowest BCUT2D eigenvalue weighted by Gasteiger charge is -2.11. The lowest BCUT2D eigenvalue weighted by Crippen LogP contribution is -2.41. The molecule has 7 nitrogen and oxygen atoms in total. The van der Waals surface area contributed by atoms with Crippen LogP contribution in [-0.2, 0) is 6.54 Å². The Bertz CT molecular complexity index is 665. The zero-order chi connectivity index (χ0) is 17.4. The summed E-state index contributed by atoms with van der Waals surface area (Å²) in [6.07, 6.45) is 1.48. The smallest absolute Gasteiger partial charge is 0.287 e. The summed E-state index contributed by atoms with van der Waals surface area (Å²) >= 11 is 1.66. The first-order valence-corrected chi connectivity index (χ1v) is 8.68. The maximum atomic E-state index is 11.7. The summed E-state index contributed by atoms with van der Waals surface area (Å²) in [4.78, 5) is 22.0. The van der Waals surface area contributed by atoms with Crippen LogP contribution in [0.3, 0.4) is 0 Å². The van der Waals surface area contributed by atoms with Gasteiger partial charge in [-0.25, -0.2) is 9.98 Å². The zero-order valence-electron chi connectivity index (χ0n) is 14.6. The first-order chi connectivity index (χ1) is 11.6. The number of thiazole rings is 1. The van der Waals surface area contributed by atoms with E-state index in [1.165, 1.54) is 11.1 Å². The van der Waals surface area contributed by atoms with Gasteiger partial charge in [0.25, 0.3) is 5.91 Å². The van der Waals surface area contributed by atoms with E-state index in [2.05, 4.69) is 32.9 Å². The Labute approximate surface area is 168 Å². The van der Waals surface area contributed by atoms with Crippen LogP contribution in [0.1, 0.15) is 33.1 Å². The molecule has 0 bridgehead atoms. The number of carbonyl (C=O) groups excluding carboxylic acids is 1. The normalized spacial score (nSPS) is 10.9. The number of furan rings is 1. The predicted octanol–water partition coefficient (Wildman–Crippen LogP) is 2.46. The lowest BCUT2D eigenvalue weighted by molar-refractivity contribution is 0.0926. The van der Waals surface area contributed by atoms with Crippen molar-refractivity contribution in [3.63, 3.8) is 0 Å². The number of nitrogens with zero attached hydrogens (tertiary/aromatic N) is 2. The molecule has 9 heteroatoms. The third-order valence-corrected chi connectivity index (χ3v) is 4.30.